The lowest BCUT2D eigenvalue weighted by Gasteiger charge is -2.32. The second kappa shape index (κ2) is 63.1. The molecule has 0 spiro atoms. The summed E-state index contributed by atoms with van der Waals surface area (Å²) in [7, 11) is 0. The fourth-order valence-corrected chi connectivity index (χ4v) is 14.6. The minimum absolute atomic E-state index is 0.0121. The van der Waals surface area contributed by atoms with Gasteiger partial charge >= 0.3 is 23.9 Å². The zero-order valence-electron chi connectivity index (χ0n) is 83.4. The van der Waals surface area contributed by atoms with Crippen LogP contribution in [0, 0.1) is 23.7 Å². The van der Waals surface area contributed by atoms with Crippen LogP contribution in [0.25, 0.3) is 0 Å². The van der Waals surface area contributed by atoms with E-state index in [0.717, 1.165) is 25.7 Å². The lowest BCUT2D eigenvalue weighted by atomic mass is 9.95. The second-order valence-electron chi connectivity index (χ2n) is 36.4. The molecule has 1 aliphatic heterocycles. The van der Waals surface area contributed by atoms with Gasteiger partial charge in [-0.3, -0.25) is 105 Å². The van der Waals surface area contributed by atoms with Crippen molar-refractivity contribution in [2.75, 3.05) is 45.9 Å². The van der Waals surface area contributed by atoms with Gasteiger partial charge < -0.3 is 169 Å². The number of aromatic hydroxyl groups is 1. The molecule has 816 valence electrons. The molecular formula is C90H144N24O32. The van der Waals surface area contributed by atoms with E-state index in [9.17, 15) is 156 Å². The number of rotatable bonds is 66. The first-order valence-electron chi connectivity index (χ1n) is 47.6. The predicted octanol–water partition coefficient (Wildman–Crippen LogP) is -10.8. The maximum atomic E-state index is 14.9. The summed E-state index contributed by atoms with van der Waals surface area (Å²) in [4.78, 5) is 320. The molecule has 19 amide bonds. The summed E-state index contributed by atoms with van der Waals surface area (Å²) in [5.74, 6) is -30.3. The van der Waals surface area contributed by atoms with Gasteiger partial charge in [0.15, 0.2) is 6.04 Å². The monoisotopic (exact) mass is 2070 g/mol. The van der Waals surface area contributed by atoms with E-state index in [0.29, 0.717) is 18.4 Å². The van der Waals surface area contributed by atoms with Crippen LogP contribution in [0.3, 0.4) is 0 Å². The number of nitrogens with zero attached hydrogens (tertiary/aromatic N) is 2. The summed E-state index contributed by atoms with van der Waals surface area (Å²) < 4.78 is 0. The van der Waals surface area contributed by atoms with Crippen molar-refractivity contribution in [3.05, 3.63) is 48.0 Å². The molecule has 1 fully saturated rings. The fourth-order valence-electron chi connectivity index (χ4n) is 14.6. The highest BCUT2D eigenvalue weighted by atomic mass is 16.4. The lowest BCUT2D eigenvalue weighted by Crippen LogP contribution is -2.62. The molecule has 1 aromatic carbocycles. The standard InChI is InChI=1S/C90H144N24O32/c1-13-44(8)70(111-79(134)54(26-27-64(122)123)101-74(129)46(10)98-62(120)36-95-75(130)56(32-50-35-94-40-97-50)103-81(136)58(34-66(126)127)105-88(143)71(47(11)117)112-78(133)53(20-15-17-29-92)100-73(128)45(9)93)87(142)110-67(41(2)3)84(139)104-55(31-49-22-24-51(119)25-23-49)80(135)102-52(19-14-16-28-91)77(132)107-60(39-116)89(144)114-30-18-21-61(114)83(138)108-69(43(6)7)86(141)109-68(42(4)5)85(140)106-59(38-115)76(131)96-37-63(121)99-57(33-65(124)125)82(137)113-72(48(12)118)90(145)146/h22-25,35,40-48,52-61,67-72,115-119H,13-21,26-34,36-39,91-93H2,1-12H3,(H,94,97)(H,95,130)(H,96,131)(H,98,120)(H,99,121)(H,100,128)(H,101,129)(H,102,135)(H,103,136)(H,104,139)(H,105,143)(H,106,140)(H,107,132)(H,108,138)(H,109,141)(H,110,142)(H,111,134)(H,112,133)(H,113,137)(H,122,123)(H,124,125)(H,126,127)(H,145,146)/t44-,45-,46-,47+,48+,52-,53-,54-,55-,56-,57-,58-,59-,60-,61-,67-,68-,69-,70-,71-,72-/m0/s1. The largest absolute Gasteiger partial charge is 0.508 e. The van der Waals surface area contributed by atoms with E-state index in [1.165, 1.54) is 92.2 Å². The summed E-state index contributed by atoms with van der Waals surface area (Å²) in [5.41, 5.74) is 17.6. The molecule has 0 aliphatic carbocycles. The van der Waals surface area contributed by atoms with Crippen LogP contribution in [0.15, 0.2) is 36.8 Å². The highest BCUT2D eigenvalue weighted by Gasteiger charge is 2.44. The molecule has 1 aliphatic rings. The smallest absolute Gasteiger partial charge is 0.328 e. The molecule has 146 heavy (non-hydrogen) atoms. The zero-order chi connectivity index (χ0) is 110. The van der Waals surface area contributed by atoms with Crippen LogP contribution in [0.2, 0.25) is 0 Å². The quantitative estimate of drug-likeness (QED) is 0.0274. The molecule has 0 saturated carbocycles. The molecule has 3 rings (SSSR count). The van der Waals surface area contributed by atoms with E-state index in [-0.39, 0.29) is 82.4 Å². The molecule has 0 unspecified atom stereocenters. The molecule has 0 radical (unpaired) electrons. The van der Waals surface area contributed by atoms with Crippen molar-refractivity contribution < 1.29 is 156 Å². The third-order valence-corrected chi connectivity index (χ3v) is 23.2. The molecule has 1 saturated heterocycles. The summed E-state index contributed by atoms with van der Waals surface area (Å²) in [6.07, 6.45) is -3.98. The number of aromatic amines is 1. The van der Waals surface area contributed by atoms with Crippen LogP contribution in [0.1, 0.15) is 178 Å². The van der Waals surface area contributed by atoms with Gasteiger partial charge in [0.1, 0.15) is 102 Å². The molecule has 56 heteroatoms. The number of unbranched alkanes of at least 4 members (excludes halogenated alkanes) is 2. The van der Waals surface area contributed by atoms with Crippen molar-refractivity contribution in [3.63, 3.8) is 0 Å². The third kappa shape index (κ3) is 43.0. The molecular weight excluding hydrogens is 1930 g/mol. The number of aromatic nitrogens is 2. The molecule has 34 N–H and O–H groups in total. The van der Waals surface area contributed by atoms with E-state index in [2.05, 4.69) is 95.0 Å². The number of aliphatic carboxylic acids is 4. The Morgan fingerprint density at radius 1 is 0.418 bits per heavy atom. The third-order valence-electron chi connectivity index (χ3n) is 23.2. The Hall–Kier alpha value is -14.2. The number of aliphatic hydroxyl groups is 4. The van der Waals surface area contributed by atoms with Crippen molar-refractivity contribution in [2.24, 2.45) is 40.9 Å². The Bertz CT molecular complexity index is 4790. The van der Waals surface area contributed by atoms with Crippen LogP contribution in [-0.2, 0) is 123 Å². The Kier molecular flexibility index (Phi) is 54.4. The number of nitrogens with two attached hydrogens (primary N) is 3. The first-order valence-corrected chi connectivity index (χ1v) is 47.6. The predicted molar refractivity (Wildman–Crippen MR) is 511 cm³/mol. The van der Waals surface area contributed by atoms with E-state index >= 15 is 0 Å². The number of carbonyl (C=O) groups excluding carboxylic acids is 19. The minimum Gasteiger partial charge on any atom is -0.508 e. The maximum Gasteiger partial charge on any atom is 0.328 e. The number of imidazole rings is 1. The first kappa shape index (κ1) is 126. The lowest BCUT2D eigenvalue weighted by molar-refractivity contribution is -0.146. The van der Waals surface area contributed by atoms with E-state index in [1.54, 1.807) is 6.92 Å². The average Bonchev–Trinajstić information content (AvgIpc) is 1.20. The van der Waals surface area contributed by atoms with Gasteiger partial charge in [-0.1, -0.05) is 73.9 Å². The SMILES string of the molecule is CC[C@H](C)[C@H](NC(=O)[C@H](CCC(=O)O)NC(=O)[C@H](C)NC(=O)CNC(=O)[C@H](Cc1c[nH]cn1)NC(=O)[C@H](CC(=O)O)NC(=O)[C@@H](NC(=O)[C@H](CCCCN)NC(=O)[C@H](C)N)[C@@H](C)O)C(=O)N[C@H](C(=O)N[C@@H](Cc1ccc(O)cc1)C(=O)N[C@@H](CCCCN)C(=O)N[C@@H](CO)C(=O)N1CCC[C@H]1C(=O)N[C@H](C(=O)N[C@H](C(=O)N[C@@H](CO)C(=O)NCC(=O)N[C@@H](CC(=O)O)C(=O)N[C@H](C(=O)O)[C@@H](C)O)C(C)C)C(C)C)C(C)C. The van der Waals surface area contributed by atoms with Gasteiger partial charge in [-0.25, -0.2) is 9.78 Å². The summed E-state index contributed by atoms with van der Waals surface area (Å²) in [6, 6.07) is -24.2. The zero-order valence-corrected chi connectivity index (χ0v) is 83.4. The van der Waals surface area contributed by atoms with Crippen LogP contribution >= 0.6 is 0 Å². The van der Waals surface area contributed by atoms with Gasteiger partial charge in [0, 0.05) is 32.0 Å². The van der Waals surface area contributed by atoms with E-state index in [1.807, 2.05) is 10.6 Å². The number of nitrogens with one attached hydrogen (secondary N) is 19. The second-order valence-corrected chi connectivity index (χ2v) is 36.4. The van der Waals surface area contributed by atoms with Crippen molar-refractivity contribution in [2.45, 2.75) is 300 Å². The molecule has 21 atom stereocenters. The summed E-state index contributed by atoms with van der Waals surface area (Å²) in [5, 5.41) is 132. The van der Waals surface area contributed by atoms with Crippen LogP contribution in [0.4, 0.5) is 0 Å². The Labute approximate surface area is 840 Å². The van der Waals surface area contributed by atoms with Crippen molar-refractivity contribution in [3.8, 4) is 5.75 Å². The molecule has 2 aromatic rings. The Morgan fingerprint density at radius 3 is 1.28 bits per heavy atom. The number of likely N-dealkylation sites (tertiary alicyclic amines) is 1. The van der Waals surface area contributed by atoms with Gasteiger partial charge in [0.25, 0.3) is 0 Å². The minimum atomic E-state index is -2.02. The normalized spacial score (nSPS) is 16.4. The number of benzene rings is 1. The van der Waals surface area contributed by atoms with E-state index < -0.39 is 339 Å². The number of aliphatic hydroxyl groups excluding tert-OH is 4. The Balaban J connectivity index is 1.84. The van der Waals surface area contributed by atoms with E-state index in [4.69, 9.17) is 17.2 Å². The number of hydrogen-bond acceptors (Lipinski definition) is 32. The van der Waals surface area contributed by atoms with Gasteiger partial charge in [-0.15, -0.1) is 0 Å². The highest BCUT2D eigenvalue weighted by Crippen LogP contribution is 2.22. The van der Waals surface area contributed by atoms with Crippen LogP contribution in [-0.4, -0.2) is 364 Å². The van der Waals surface area contributed by atoms with Crippen molar-refractivity contribution in [1.29, 1.82) is 0 Å². The van der Waals surface area contributed by atoms with Crippen LogP contribution in [0.5, 0.6) is 5.75 Å². The van der Waals surface area contributed by atoms with Crippen molar-refractivity contribution in [1.82, 2.24) is 111 Å². The Morgan fingerprint density at radius 2 is 0.808 bits per heavy atom. The number of carbonyl (C=O) groups is 23. The number of hydrogen-bond donors (Lipinski definition) is 31. The highest BCUT2D eigenvalue weighted by molar-refractivity contribution is 6.03. The number of carboxylic acids is 4. The number of phenolic OH excluding ortho intramolecular Hbond substituents is 1. The maximum absolute atomic E-state index is 14.9. The molecule has 2 heterocycles. The first-order chi connectivity index (χ1) is 68.5. The summed E-state index contributed by atoms with van der Waals surface area (Å²) >= 11 is 0. The van der Waals surface area contributed by atoms with Gasteiger partial charge in [-0.05, 0) is 140 Å². The summed E-state index contributed by atoms with van der Waals surface area (Å²) in [6.45, 7) is 12.8. The number of H-pyrrole nitrogens is 1. The van der Waals surface area contributed by atoms with Crippen molar-refractivity contribution >= 4 is 136 Å². The van der Waals surface area contributed by atoms with Gasteiger partial charge in [0.05, 0.1) is 69.4 Å². The number of amides is 19. The van der Waals surface area contributed by atoms with Gasteiger partial charge in [0.2, 0.25) is 112 Å². The number of phenols is 1. The molecule has 0 bridgehead atoms. The molecule has 1 aromatic heterocycles. The van der Waals surface area contributed by atoms with Crippen LogP contribution < -0.4 is 113 Å². The topological polar surface area (TPSA) is 901 Å². The molecule has 56 nitrogen and oxygen atoms in total. The number of carboxylic acid groups (broad SMARTS) is 4. The van der Waals surface area contributed by atoms with Gasteiger partial charge in [-0.2, -0.15) is 0 Å². The average molecular weight is 2070 g/mol. The fraction of sp³-hybridized carbons (Fsp3) is 0.644.